The van der Waals surface area contributed by atoms with Gasteiger partial charge in [-0.3, -0.25) is 4.79 Å². The number of carboxylic acids is 1. The molecule has 138 valence electrons. The maximum Gasteiger partial charge on any atom is 0.416 e. The van der Waals surface area contributed by atoms with Gasteiger partial charge in [-0.2, -0.15) is 13.2 Å². The quantitative estimate of drug-likeness (QED) is 0.876. The first-order valence-electron chi connectivity index (χ1n) is 8.26. The van der Waals surface area contributed by atoms with E-state index >= 15 is 0 Å². The Kier molecular flexibility index (Phi) is 4.42. The molecule has 1 atom stereocenters. The summed E-state index contributed by atoms with van der Waals surface area (Å²) in [5.74, 6) is -2.94. The highest BCUT2D eigenvalue weighted by Gasteiger charge is 2.44. The van der Waals surface area contributed by atoms with Gasteiger partial charge in [0.15, 0.2) is 5.78 Å². The predicted octanol–water partition coefficient (Wildman–Crippen LogP) is 4.10. The van der Waals surface area contributed by atoms with Gasteiger partial charge in [0.2, 0.25) is 0 Å². The van der Waals surface area contributed by atoms with Crippen LogP contribution in [0.1, 0.15) is 43.7 Å². The maximum absolute atomic E-state index is 13.6. The van der Waals surface area contributed by atoms with Crippen LogP contribution in [-0.2, 0) is 15.8 Å². The number of allylic oxidation sites excluding steroid dienone is 3. The van der Waals surface area contributed by atoms with Gasteiger partial charge in [0.05, 0.1) is 11.1 Å². The van der Waals surface area contributed by atoms with Gasteiger partial charge in [0.1, 0.15) is 0 Å². The summed E-state index contributed by atoms with van der Waals surface area (Å²) in [7, 11) is 0. The van der Waals surface area contributed by atoms with Crippen molar-refractivity contribution in [1.82, 2.24) is 4.90 Å². The number of carboxylic acid groups (broad SMARTS) is 1. The van der Waals surface area contributed by atoms with Crippen molar-refractivity contribution in [3.05, 3.63) is 57.9 Å². The second-order valence-corrected chi connectivity index (χ2v) is 6.49. The summed E-state index contributed by atoms with van der Waals surface area (Å²) in [6.07, 6.45) is -3.37. The Morgan fingerprint density at radius 3 is 2.42 bits per heavy atom. The van der Waals surface area contributed by atoms with Crippen LogP contribution in [0, 0.1) is 0 Å². The van der Waals surface area contributed by atoms with Crippen molar-refractivity contribution in [1.29, 1.82) is 0 Å². The number of aliphatic carboxylic acids is 1. The van der Waals surface area contributed by atoms with Gasteiger partial charge in [-0.25, -0.2) is 4.79 Å². The van der Waals surface area contributed by atoms with Crippen molar-refractivity contribution in [3.63, 3.8) is 0 Å². The lowest BCUT2D eigenvalue weighted by Crippen LogP contribution is -2.33. The number of hydrogen-bond donors (Lipinski definition) is 1. The first-order chi connectivity index (χ1) is 12.1. The van der Waals surface area contributed by atoms with Gasteiger partial charge in [-0.15, -0.1) is 0 Å². The third-order valence-corrected chi connectivity index (χ3v) is 4.99. The molecule has 1 aromatic carbocycles. The summed E-state index contributed by atoms with van der Waals surface area (Å²) in [5.41, 5.74) is -0.0814. The smallest absolute Gasteiger partial charge is 0.416 e. The molecule has 7 heteroatoms. The number of carbonyl (C=O) groups excluding carboxylic acids is 1. The minimum Gasteiger partial charge on any atom is -0.478 e. The van der Waals surface area contributed by atoms with Crippen molar-refractivity contribution < 1.29 is 27.9 Å². The van der Waals surface area contributed by atoms with Crippen molar-refractivity contribution in [2.45, 2.75) is 38.8 Å². The molecular weight excluding hydrogens is 347 g/mol. The molecule has 2 aliphatic rings. The number of nitrogens with zero attached hydrogens (tertiary/aromatic N) is 1. The summed E-state index contributed by atoms with van der Waals surface area (Å²) in [5, 5.41) is 9.75. The van der Waals surface area contributed by atoms with Gasteiger partial charge in [-0.1, -0.05) is 18.2 Å². The molecular formula is C19H18F3NO3. The van der Waals surface area contributed by atoms with Crippen LogP contribution >= 0.6 is 0 Å². The molecule has 4 nitrogen and oxygen atoms in total. The molecule has 3 rings (SSSR count). The molecule has 1 aromatic rings. The number of rotatable bonds is 3. The van der Waals surface area contributed by atoms with Crippen LogP contribution in [0.15, 0.2) is 46.8 Å². The molecule has 0 aromatic heterocycles. The van der Waals surface area contributed by atoms with Crippen LogP contribution in [0.4, 0.5) is 13.2 Å². The van der Waals surface area contributed by atoms with Gasteiger partial charge in [-0.05, 0) is 38.3 Å². The summed E-state index contributed by atoms with van der Waals surface area (Å²) < 4.78 is 40.7. The van der Waals surface area contributed by atoms with Crippen LogP contribution < -0.4 is 0 Å². The average Bonchev–Trinajstić information content (AvgIpc) is 3.02. The minimum absolute atomic E-state index is 0.155. The number of carbonyl (C=O) groups is 2. The first kappa shape index (κ1) is 18.2. The third kappa shape index (κ3) is 2.81. The summed E-state index contributed by atoms with van der Waals surface area (Å²) in [6, 6.07) is 4.88. The predicted molar refractivity (Wildman–Crippen MR) is 88.2 cm³/mol. The second kappa shape index (κ2) is 6.30. The normalized spacial score (nSPS) is 20.5. The van der Waals surface area contributed by atoms with E-state index in [4.69, 9.17) is 0 Å². The Hall–Kier alpha value is -2.57. The molecule has 0 saturated carbocycles. The zero-order valence-electron chi connectivity index (χ0n) is 14.4. The highest BCUT2D eigenvalue weighted by Crippen LogP contribution is 2.48. The molecule has 1 N–H and O–H groups in total. The van der Waals surface area contributed by atoms with Gasteiger partial charge in [0, 0.05) is 29.4 Å². The molecule has 2 heterocycles. The topological polar surface area (TPSA) is 57.6 Å². The number of hydrogen-bond acceptors (Lipinski definition) is 3. The molecule has 0 bridgehead atoms. The van der Waals surface area contributed by atoms with Crippen LogP contribution in [0.3, 0.4) is 0 Å². The summed E-state index contributed by atoms with van der Waals surface area (Å²) >= 11 is 0. The molecule has 0 spiro atoms. The van der Waals surface area contributed by atoms with E-state index < -0.39 is 29.4 Å². The molecule has 0 aliphatic carbocycles. The van der Waals surface area contributed by atoms with Crippen molar-refractivity contribution in [3.8, 4) is 0 Å². The molecule has 26 heavy (non-hydrogen) atoms. The monoisotopic (exact) mass is 365 g/mol. The fraction of sp³-hybridized carbons (Fsp3) is 0.368. The average molecular weight is 365 g/mol. The number of alkyl halides is 3. The van der Waals surface area contributed by atoms with E-state index in [1.54, 1.807) is 11.8 Å². The SMILES string of the molecule is CC(=O)C1=C2CCCN2C(C)=C(C(=O)O)C1c1ccccc1C(F)(F)F. The number of ketones is 1. The van der Waals surface area contributed by atoms with Gasteiger partial charge >= 0.3 is 12.1 Å². The highest BCUT2D eigenvalue weighted by molar-refractivity contribution is 6.01. The molecule has 1 fully saturated rings. The summed E-state index contributed by atoms with van der Waals surface area (Å²) in [4.78, 5) is 26.1. The first-order valence-corrected chi connectivity index (χ1v) is 8.26. The van der Waals surface area contributed by atoms with Crippen molar-refractivity contribution >= 4 is 11.8 Å². The summed E-state index contributed by atoms with van der Waals surface area (Å²) in [6.45, 7) is 3.43. The van der Waals surface area contributed by atoms with E-state index in [2.05, 4.69) is 0 Å². The van der Waals surface area contributed by atoms with Crippen molar-refractivity contribution in [2.75, 3.05) is 6.54 Å². The lowest BCUT2D eigenvalue weighted by molar-refractivity contribution is -0.139. The molecule has 0 radical (unpaired) electrons. The number of halogens is 3. The zero-order chi connectivity index (χ0) is 19.2. The Bertz CT molecular complexity index is 852. The Morgan fingerprint density at radius 2 is 1.85 bits per heavy atom. The molecule has 2 aliphatic heterocycles. The van der Waals surface area contributed by atoms with Crippen LogP contribution in [-0.4, -0.2) is 28.3 Å². The van der Waals surface area contributed by atoms with Gasteiger partial charge < -0.3 is 10.0 Å². The van der Waals surface area contributed by atoms with Crippen LogP contribution in [0.5, 0.6) is 0 Å². The lowest BCUT2D eigenvalue weighted by atomic mass is 9.76. The largest absolute Gasteiger partial charge is 0.478 e. The van der Waals surface area contributed by atoms with E-state index in [1.165, 1.54) is 25.1 Å². The Morgan fingerprint density at radius 1 is 1.19 bits per heavy atom. The number of fused-ring (bicyclic) bond motifs is 1. The van der Waals surface area contributed by atoms with E-state index in [9.17, 15) is 27.9 Å². The number of benzene rings is 1. The molecule has 1 unspecified atom stereocenters. The van der Waals surface area contributed by atoms with E-state index in [0.29, 0.717) is 24.4 Å². The van der Waals surface area contributed by atoms with Gasteiger partial charge in [0.25, 0.3) is 0 Å². The fourth-order valence-corrected chi connectivity index (χ4v) is 3.99. The van der Waals surface area contributed by atoms with Crippen molar-refractivity contribution in [2.24, 2.45) is 0 Å². The Balaban J connectivity index is 2.34. The third-order valence-electron chi connectivity index (χ3n) is 4.99. The zero-order valence-corrected chi connectivity index (χ0v) is 14.4. The number of Topliss-reactive ketones (excluding diaryl/α,β-unsaturated/α-hetero) is 1. The minimum atomic E-state index is -4.65. The van der Waals surface area contributed by atoms with E-state index in [-0.39, 0.29) is 16.7 Å². The molecule has 0 amide bonds. The van der Waals surface area contributed by atoms with E-state index in [0.717, 1.165) is 12.5 Å². The fourth-order valence-electron chi connectivity index (χ4n) is 3.99. The standard InChI is InChI=1S/C19H18F3NO3/c1-10-15(18(25)26)17(12-6-3-4-7-13(12)19(20,21)22)16(11(2)24)14-8-5-9-23(10)14/h3-4,6-7,17H,5,8-9H2,1-2H3,(H,25,26). The van der Waals surface area contributed by atoms with Crippen LogP contribution in [0.25, 0.3) is 0 Å². The maximum atomic E-state index is 13.6. The highest BCUT2D eigenvalue weighted by atomic mass is 19.4. The molecule has 1 saturated heterocycles. The second-order valence-electron chi connectivity index (χ2n) is 6.49. The Labute approximate surface area is 148 Å². The lowest BCUT2D eigenvalue weighted by Gasteiger charge is -2.36. The van der Waals surface area contributed by atoms with E-state index in [1.807, 2.05) is 0 Å². The van der Waals surface area contributed by atoms with Crippen LogP contribution in [0.2, 0.25) is 0 Å².